The first kappa shape index (κ1) is 17.5. The van der Waals surface area contributed by atoms with E-state index in [1.807, 2.05) is 18.2 Å². The highest BCUT2D eigenvalue weighted by atomic mass is 16.5. The minimum absolute atomic E-state index is 0.00567. The van der Waals surface area contributed by atoms with Gasteiger partial charge in [-0.15, -0.1) is 0 Å². The van der Waals surface area contributed by atoms with E-state index in [0.717, 1.165) is 18.8 Å². The highest BCUT2D eigenvalue weighted by Gasteiger charge is 2.26. The van der Waals surface area contributed by atoms with Crippen LogP contribution in [0.5, 0.6) is 0 Å². The number of fused-ring (bicyclic) bond motifs is 1. The second-order valence-corrected chi connectivity index (χ2v) is 6.37. The molecule has 1 saturated heterocycles. The molecule has 0 bridgehead atoms. The van der Waals surface area contributed by atoms with E-state index in [1.165, 1.54) is 0 Å². The summed E-state index contributed by atoms with van der Waals surface area (Å²) in [6.07, 6.45) is 1.61. The number of hydrogen-bond acceptors (Lipinski definition) is 6. The summed E-state index contributed by atoms with van der Waals surface area (Å²) in [5, 5.41) is 3.56. The Morgan fingerprint density at radius 2 is 1.96 bits per heavy atom. The maximum absolute atomic E-state index is 12.6. The molecule has 1 aromatic carbocycles. The molecule has 1 amide bonds. The van der Waals surface area contributed by atoms with Crippen molar-refractivity contribution >= 4 is 16.9 Å². The summed E-state index contributed by atoms with van der Waals surface area (Å²) in [5.41, 5.74) is -0.193. The molecular formula is C20H20N2O5. The SMILES string of the molecule is O=C(NCC(c1ccco1)N1CCOCC1)c1cc2ccccc2oc1=O. The quantitative estimate of drug-likeness (QED) is 0.695. The van der Waals surface area contributed by atoms with Gasteiger partial charge in [-0.3, -0.25) is 9.69 Å². The molecule has 1 aliphatic heterocycles. The van der Waals surface area contributed by atoms with Crippen LogP contribution in [0, 0.1) is 0 Å². The Morgan fingerprint density at radius 3 is 2.74 bits per heavy atom. The molecule has 1 fully saturated rings. The molecule has 1 aliphatic rings. The first-order valence-electron chi connectivity index (χ1n) is 8.88. The van der Waals surface area contributed by atoms with Gasteiger partial charge in [0.2, 0.25) is 0 Å². The number of rotatable bonds is 5. The van der Waals surface area contributed by atoms with Gasteiger partial charge in [0.1, 0.15) is 16.9 Å². The van der Waals surface area contributed by atoms with Gasteiger partial charge in [-0.05, 0) is 24.3 Å². The van der Waals surface area contributed by atoms with Gasteiger partial charge in [0.15, 0.2) is 0 Å². The molecule has 0 spiro atoms. The summed E-state index contributed by atoms with van der Waals surface area (Å²) >= 11 is 0. The number of nitrogens with zero attached hydrogens (tertiary/aromatic N) is 1. The van der Waals surface area contributed by atoms with Crippen molar-refractivity contribution in [3.63, 3.8) is 0 Å². The fourth-order valence-electron chi connectivity index (χ4n) is 3.28. The Hall–Kier alpha value is -2.90. The lowest BCUT2D eigenvalue weighted by Crippen LogP contribution is -2.44. The van der Waals surface area contributed by atoms with Gasteiger partial charge < -0.3 is 18.9 Å². The van der Waals surface area contributed by atoms with Gasteiger partial charge in [0.05, 0.1) is 25.5 Å². The number of carbonyl (C=O) groups excluding carboxylic acids is 1. The Labute approximate surface area is 155 Å². The van der Waals surface area contributed by atoms with Gasteiger partial charge in [-0.1, -0.05) is 18.2 Å². The van der Waals surface area contributed by atoms with Crippen molar-refractivity contribution in [2.45, 2.75) is 6.04 Å². The summed E-state index contributed by atoms with van der Waals surface area (Å²) in [6.45, 7) is 3.09. The first-order valence-corrected chi connectivity index (χ1v) is 8.88. The van der Waals surface area contributed by atoms with Gasteiger partial charge in [-0.2, -0.15) is 0 Å². The topological polar surface area (TPSA) is 84.9 Å². The maximum atomic E-state index is 12.6. The number of amides is 1. The number of ether oxygens (including phenoxy) is 1. The zero-order chi connectivity index (χ0) is 18.6. The van der Waals surface area contributed by atoms with Gasteiger partial charge in [0.25, 0.3) is 5.91 Å². The molecule has 2 aromatic heterocycles. The Balaban J connectivity index is 1.53. The van der Waals surface area contributed by atoms with Crippen LogP contribution in [-0.4, -0.2) is 43.7 Å². The second-order valence-electron chi connectivity index (χ2n) is 6.37. The number of carbonyl (C=O) groups is 1. The summed E-state index contributed by atoms with van der Waals surface area (Å²) < 4.78 is 16.2. The normalized spacial score (nSPS) is 16.3. The van der Waals surface area contributed by atoms with Crippen LogP contribution in [0.3, 0.4) is 0 Å². The molecule has 3 aromatic rings. The fourth-order valence-corrected chi connectivity index (χ4v) is 3.28. The van der Waals surface area contributed by atoms with E-state index >= 15 is 0 Å². The Bertz CT molecular complexity index is 973. The smallest absolute Gasteiger partial charge is 0.349 e. The van der Waals surface area contributed by atoms with Crippen molar-refractivity contribution in [1.29, 1.82) is 0 Å². The third-order valence-electron chi connectivity index (χ3n) is 4.70. The maximum Gasteiger partial charge on any atom is 0.349 e. The molecule has 1 atom stereocenters. The van der Waals surface area contributed by atoms with E-state index < -0.39 is 11.5 Å². The molecule has 7 nitrogen and oxygen atoms in total. The number of para-hydroxylation sites is 1. The van der Waals surface area contributed by atoms with Crippen molar-refractivity contribution < 1.29 is 18.4 Å². The standard InChI is InChI=1S/C20H20N2O5/c23-19(15-12-14-4-1-2-5-17(14)27-20(15)24)21-13-16(18-6-3-9-26-18)22-7-10-25-11-8-22/h1-6,9,12,16H,7-8,10-11,13H2,(H,21,23). The highest BCUT2D eigenvalue weighted by Crippen LogP contribution is 2.22. The summed E-state index contributed by atoms with van der Waals surface area (Å²) in [5.74, 6) is 0.307. The molecule has 140 valence electrons. The van der Waals surface area contributed by atoms with Gasteiger partial charge in [-0.25, -0.2) is 4.79 Å². The third-order valence-corrected chi connectivity index (χ3v) is 4.70. The van der Waals surface area contributed by atoms with E-state index in [0.29, 0.717) is 30.7 Å². The lowest BCUT2D eigenvalue weighted by atomic mass is 10.1. The Morgan fingerprint density at radius 1 is 1.15 bits per heavy atom. The number of benzene rings is 1. The van der Waals surface area contributed by atoms with Crippen molar-refractivity contribution in [1.82, 2.24) is 10.2 Å². The van der Waals surface area contributed by atoms with E-state index in [9.17, 15) is 9.59 Å². The van der Waals surface area contributed by atoms with E-state index in [2.05, 4.69) is 10.2 Å². The predicted octanol–water partition coefficient (Wildman–Crippen LogP) is 2.19. The van der Waals surface area contributed by atoms with Crippen molar-refractivity contribution in [3.05, 3.63) is 70.5 Å². The van der Waals surface area contributed by atoms with Crippen molar-refractivity contribution in [2.75, 3.05) is 32.8 Å². The summed E-state index contributed by atoms with van der Waals surface area (Å²) in [6, 6.07) is 12.3. The van der Waals surface area contributed by atoms with Gasteiger partial charge in [0, 0.05) is 25.0 Å². The van der Waals surface area contributed by atoms with Crippen LogP contribution in [0.4, 0.5) is 0 Å². The molecule has 7 heteroatoms. The van der Waals surface area contributed by atoms with Crippen LogP contribution >= 0.6 is 0 Å². The number of hydrogen-bond donors (Lipinski definition) is 1. The number of nitrogens with one attached hydrogen (secondary N) is 1. The summed E-state index contributed by atoms with van der Waals surface area (Å²) in [4.78, 5) is 27.0. The molecule has 1 N–H and O–H groups in total. The molecule has 1 unspecified atom stereocenters. The van der Waals surface area contributed by atoms with Crippen molar-refractivity contribution in [2.24, 2.45) is 0 Å². The van der Waals surface area contributed by atoms with Crippen molar-refractivity contribution in [3.8, 4) is 0 Å². The first-order chi connectivity index (χ1) is 13.2. The molecule has 0 saturated carbocycles. The van der Waals surface area contributed by atoms with Crippen LogP contribution in [0.15, 0.2) is 62.4 Å². The molecule has 0 aliphatic carbocycles. The monoisotopic (exact) mass is 368 g/mol. The third kappa shape index (κ3) is 3.79. The fraction of sp³-hybridized carbons (Fsp3) is 0.300. The largest absolute Gasteiger partial charge is 0.468 e. The number of furan rings is 1. The summed E-state index contributed by atoms with van der Waals surface area (Å²) in [7, 11) is 0. The zero-order valence-corrected chi connectivity index (χ0v) is 14.7. The predicted molar refractivity (Wildman–Crippen MR) is 98.7 cm³/mol. The second kappa shape index (κ2) is 7.77. The Kier molecular flexibility index (Phi) is 5.04. The van der Waals surface area contributed by atoms with E-state index in [-0.39, 0.29) is 11.6 Å². The van der Waals surface area contributed by atoms with Crippen LogP contribution in [0.1, 0.15) is 22.2 Å². The minimum atomic E-state index is -0.646. The van der Waals surface area contributed by atoms with Crippen LogP contribution < -0.4 is 10.9 Å². The van der Waals surface area contributed by atoms with E-state index in [4.69, 9.17) is 13.6 Å². The van der Waals surface area contributed by atoms with Crippen LogP contribution in [0.2, 0.25) is 0 Å². The van der Waals surface area contributed by atoms with Crippen LogP contribution in [0.25, 0.3) is 11.0 Å². The molecular weight excluding hydrogens is 348 g/mol. The molecule has 0 radical (unpaired) electrons. The molecule has 3 heterocycles. The minimum Gasteiger partial charge on any atom is -0.468 e. The van der Waals surface area contributed by atoms with E-state index in [1.54, 1.807) is 30.5 Å². The molecule has 27 heavy (non-hydrogen) atoms. The lowest BCUT2D eigenvalue weighted by molar-refractivity contribution is 0.0118. The zero-order valence-electron chi connectivity index (χ0n) is 14.7. The highest BCUT2D eigenvalue weighted by molar-refractivity contribution is 5.96. The van der Waals surface area contributed by atoms with Gasteiger partial charge >= 0.3 is 5.63 Å². The average Bonchev–Trinajstić information content (AvgIpc) is 3.23. The number of morpholine rings is 1. The molecule has 4 rings (SSSR count). The lowest BCUT2D eigenvalue weighted by Gasteiger charge is -2.33. The average molecular weight is 368 g/mol. The van der Waals surface area contributed by atoms with Crippen LogP contribution in [-0.2, 0) is 4.74 Å².